The molecule has 3 rings (SSSR count). The molecule has 0 aliphatic carbocycles. The van der Waals surface area contributed by atoms with E-state index in [9.17, 15) is 4.39 Å². The van der Waals surface area contributed by atoms with Crippen molar-refractivity contribution in [3.05, 3.63) is 53.5 Å². The highest BCUT2D eigenvalue weighted by molar-refractivity contribution is 6.31. The van der Waals surface area contributed by atoms with Gasteiger partial charge in [0.1, 0.15) is 5.52 Å². The highest BCUT2D eigenvalue weighted by atomic mass is 35.5. The molecule has 1 aromatic carbocycles. The summed E-state index contributed by atoms with van der Waals surface area (Å²) in [7, 11) is 0. The number of aromatic nitrogens is 4. The minimum atomic E-state index is -0.744. The van der Waals surface area contributed by atoms with Crippen LogP contribution in [0.3, 0.4) is 0 Å². The zero-order valence-electron chi connectivity index (χ0n) is 9.92. The molecule has 0 fully saturated rings. The molecule has 19 heavy (non-hydrogen) atoms. The first-order chi connectivity index (χ1) is 9.24. The Morgan fingerprint density at radius 3 is 2.89 bits per heavy atom. The molecule has 0 atom stereocenters. The zero-order chi connectivity index (χ0) is 13.2. The van der Waals surface area contributed by atoms with Crippen molar-refractivity contribution in [3.63, 3.8) is 0 Å². The zero-order valence-corrected chi connectivity index (χ0v) is 10.7. The lowest BCUT2D eigenvalue weighted by molar-refractivity contribution is 0.540. The highest BCUT2D eigenvalue weighted by Gasteiger charge is 2.07. The second-order valence-corrected chi connectivity index (χ2v) is 4.53. The van der Waals surface area contributed by atoms with Gasteiger partial charge in [-0.15, -0.1) is 0 Å². The number of rotatable bonds is 3. The third kappa shape index (κ3) is 2.42. The first-order valence-electron chi connectivity index (χ1n) is 5.81. The second kappa shape index (κ2) is 4.93. The van der Waals surface area contributed by atoms with E-state index in [0.29, 0.717) is 17.7 Å². The van der Waals surface area contributed by atoms with Crippen LogP contribution in [-0.2, 0) is 13.0 Å². The van der Waals surface area contributed by atoms with Gasteiger partial charge in [0.05, 0.1) is 12.5 Å². The normalized spacial score (nSPS) is 11.1. The first-order valence-corrected chi connectivity index (χ1v) is 6.18. The van der Waals surface area contributed by atoms with Crippen molar-refractivity contribution in [1.29, 1.82) is 0 Å². The quantitative estimate of drug-likeness (QED) is 0.691. The van der Waals surface area contributed by atoms with Gasteiger partial charge in [-0.05, 0) is 18.1 Å². The van der Waals surface area contributed by atoms with Gasteiger partial charge in [-0.1, -0.05) is 29.8 Å². The smallest absolute Gasteiger partial charge is 0.310 e. The van der Waals surface area contributed by atoms with Crippen molar-refractivity contribution >= 4 is 22.8 Å². The van der Waals surface area contributed by atoms with Crippen LogP contribution in [-0.4, -0.2) is 19.5 Å². The molecular formula is C13H10ClFN4. The van der Waals surface area contributed by atoms with Crippen molar-refractivity contribution in [2.45, 2.75) is 13.0 Å². The Hall–Kier alpha value is -2.01. The first kappa shape index (κ1) is 12.0. The van der Waals surface area contributed by atoms with Gasteiger partial charge < -0.3 is 4.57 Å². The van der Waals surface area contributed by atoms with Gasteiger partial charge in [0.2, 0.25) is 0 Å². The lowest BCUT2D eigenvalue weighted by Gasteiger charge is -2.05. The third-order valence-electron chi connectivity index (χ3n) is 2.91. The molecule has 4 nitrogen and oxygen atoms in total. The summed E-state index contributed by atoms with van der Waals surface area (Å²) < 4.78 is 14.8. The minimum Gasteiger partial charge on any atom is -0.315 e. The summed E-state index contributed by atoms with van der Waals surface area (Å²) in [4.78, 5) is 11.4. The molecule has 0 aliphatic heterocycles. The molecule has 0 radical (unpaired) electrons. The molecule has 0 bridgehead atoms. The number of nitrogens with zero attached hydrogens (tertiary/aromatic N) is 4. The topological polar surface area (TPSA) is 43.6 Å². The summed E-state index contributed by atoms with van der Waals surface area (Å²) in [6.45, 7) is 0.636. The number of imidazole rings is 1. The monoisotopic (exact) mass is 276 g/mol. The van der Waals surface area contributed by atoms with Crippen LogP contribution in [0.25, 0.3) is 11.2 Å². The summed E-state index contributed by atoms with van der Waals surface area (Å²) in [6, 6.07) is 7.65. The van der Waals surface area contributed by atoms with Crippen LogP contribution in [0.2, 0.25) is 5.02 Å². The van der Waals surface area contributed by atoms with Crippen LogP contribution in [0.4, 0.5) is 4.39 Å². The van der Waals surface area contributed by atoms with E-state index in [0.717, 1.165) is 17.0 Å². The van der Waals surface area contributed by atoms with Gasteiger partial charge >= 0.3 is 6.08 Å². The lowest BCUT2D eigenvalue weighted by Crippen LogP contribution is -2.02. The summed E-state index contributed by atoms with van der Waals surface area (Å²) in [5.74, 6) is 0. The van der Waals surface area contributed by atoms with Crippen LogP contribution < -0.4 is 0 Å². The van der Waals surface area contributed by atoms with E-state index < -0.39 is 6.08 Å². The van der Waals surface area contributed by atoms with Gasteiger partial charge in [0.15, 0.2) is 5.65 Å². The molecule has 0 saturated heterocycles. The number of halogens is 2. The van der Waals surface area contributed by atoms with Crippen molar-refractivity contribution in [2.75, 3.05) is 0 Å². The third-order valence-corrected chi connectivity index (χ3v) is 3.28. The molecule has 3 aromatic rings. The molecule has 96 valence electrons. The van der Waals surface area contributed by atoms with E-state index in [2.05, 4.69) is 15.0 Å². The van der Waals surface area contributed by atoms with Crippen LogP contribution in [0.1, 0.15) is 5.56 Å². The van der Waals surface area contributed by atoms with Crippen molar-refractivity contribution < 1.29 is 4.39 Å². The molecule has 0 N–H and O–H groups in total. The van der Waals surface area contributed by atoms with Gasteiger partial charge in [-0.3, -0.25) is 0 Å². The number of hydrogen-bond acceptors (Lipinski definition) is 3. The molecule has 2 heterocycles. The van der Waals surface area contributed by atoms with Crippen LogP contribution in [0.5, 0.6) is 0 Å². The van der Waals surface area contributed by atoms with E-state index in [1.165, 1.54) is 6.20 Å². The van der Waals surface area contributed by atoms with E-state index in [1.54, 1.807) is 10.9 Å². The maximum atomic E-state index is 13.0. The Kier molecular flexibility index (Phi) is 3.13. The Balaban J connectivity index is 1.86. The predicted molar refractivity (Wildman–Crippen MR) is 70.4 cm³/mol. The maximum absolute atomic E-state index is 13.0. The number of aryl methyl sites for hydroxylation is 2. The maximum Gasteiger partial charge on any atom is 0.310 e. The van der Waals surface area contributed by atoms with E-state index >= 15 is 0 Å². The molecule has 6 heteroatoms. The van der Waals surface area contributed by atoms with E-state index in [-0.39, 0.29) is 0 Å². The summed E-state index contributed by atoms with van der Waals surface area (Å²) in [5, 5.41) is 0.729. The summed E-state index contributed by atoms with van der Waals surface area (Å²) in [5.41, 5.74) is 2.13. The predicted octanol–water partition coefficient (Wildman–Crippen LogP) is 2.86. The van der Waals surface area contributed by atoms with Crippen LogP contribution >= 0.6 is 11.6 Å². The van der Waals surface area contributed by atoms with Crippen molar-refractivity contribution in [2.24, 2.45) is 0 Å². The molecule has 0 spiro atoms. The van der Waals surface area contributed by atoms with Gasteiger partial charge in [-0.25, -0.2) is 9.97 Å². The molecule has 0 unspecified atom stereocenters. The van der Waals surface area contributed by atoms with Crippen LogP contribution in [0, 0.1) is 6.08 Å². The summed E-state index contributed by atoms with van der Waals surface area (Å²) in [6.07, 6.45) is 3.00. The Morgan fingerprint density at radius 2 is 2.05 bits per heavy atom. The van der Waals surface area contributed by atoms with E-state index in [1.807, 2.05) is 24.3 Å². The molecular weight excluding hydrogens is 267 g/mol. The Morgan fingerprint density at radius 1 is 1.21 bits per heavy atom. The number of fused-ring (bicyclic) bond motifs is 1. The van der Waals surface area contributed by atoms with Crippen LogP contribution in [0.15, 0.2) is 36.8 Å². The van der Waals surface area contributed by atoms with Crippen molar-refractivity contribution in [3.8, 4) is 0 Å². The molecule has 0 amide bonds. The largest absolute Gasteiger partial charge is 0.315 e. The van der Waals surface area contributed by atoms with Crippen molar-refractivity contribution in [1.82, 2.24) is 19.5 Å². The van der Waals surface area contributed by atoms with E-state index in [4.69, 9.17) is 11.6 Å². The average molecular weight is 277 g/mol. The standard InChI is InChI=1S/C13H10ClFN4/c14-10-4-2-1-3-9(10)5-6-19-8-17-11-7-16-13(15)18-12(11)19/h1-4,7-8H,5-6H2. The van der Waals surface area contributed by atoms with Gasteiger partial charge in [-0.2, -0.15) is 9.37 Å². The number of hydrogen-bond donors (Lipinski definition) is 0. The van der Waals surface area contributed by atoms with Gasteiger partial charge in [0, 0.05) is 11.6 Å². The van der Waals surface area contributed by atoms with Gasteiger partial charge in [0.25, 0.3) is 0 Å². The summed E-state index contributed by atoms with van der Waals surface area (Å²) >= 11 is 6.10. The molecule has 0 saturated carbocycles. The second-order valence-electron chi connectivity index (χ2n) is 4.13. The Labute approximate surface area is 113 Å². The fraction of sp³-hybridized carbons (Fsp3) is 0.154. The average Bonchev–Trinajstić information content (AvgIpc) is 2.80. The minimum absolute atomic E-state index is 0.500. The fourth-order valence-electron chi connectivity index (χ4n) is 1.94. The lowest BCUT2D eigenvalue weighted by atomic mass is 10.1. The highest BCUT2D eigenvalue weighted by Crippen LogP contribution is 2.17. The number of benzene rings is 1. The molecule has 0 aliphatic rings. The molecule has 2 aromatic heterocycles. The Bertz CT molecular complexity index is 725. The SMILES string of the molecule is Fc1ncc2ncn(CCc3ccccc3Cl)c2n1. The fourth-order valence-corrected chi connectivity index (χ4v) is 2.17.